The molecule has 64 valence electrons. The summed E-state index contributed by atoms with van der Waals surface area (Å²) in [5.74, 6) is 0.147. The van der Waals surface area contributed by atoms with Crippen molar-refractivity contribution in [2.45, 2.75) is 25.9 Å². The maximum atomic E-state index is 7.30. The van der Waals surface area contributed by atoms with E-state index in [1.807, 2.05) is 18.7 Å². The van der Waals surface area contributed by atoms with Crippen molar-refractivity contribution in [3.05, 3.63) is 0 Å². The average molecular weight is 157 g/mol. The Morgan fingerprint density at radius 3 is 2.18 bits per heavy atom. The molecule has 0 unspecified atom stereocenters. The first-order valence-electron chi connectivity index (χ1n) is 3.83. The first-order chi connectivity index (χ1) is 5.13. The van der Waals surface area contributed by atoms with Gasteiger partial charge in [0.2, 0.25) is 0 Å². The van der Waals surface area contributed by atoms with E-state index in [0.29, 0.717) is 13.2 Å². The summed E-state index contributed by atoms with van der Waals surface area (Å²) in [4.78, 5) is 1.88. The fourth-order valence-corrected chi connectivity index (χ4v) is 1.48. The lowest BCUT2D eigenvalue weighted by Gasteiger charge is -2.38. The van der Waals surface area contributed by atoms with Gasteiger partial charge in [-0.2, -0.15) is 0 Å². The molecule has 0 aromatic heterocycles. The van der Waals surface area contributed by atoms with Crippen LogP contribution in [0, 0.1) is 5.41 Å². The maximum Gasteiger partial charge on any atom is 0.189 e. The third-order valence-corrected chi connectivity index (χ3v) is 1.95. The lowest BCUT2D eigenvalue weighted by atomic mass is 10.2. The summed E-state index contributed by atoms with van der Waals surface area (Å²) in [6, 6.07) is 0.465. The molecule has 0 aromatic carbocycles. The quantitative estimate of drug-likeness (QED) is 0.384. The average Bonchev–Trinajstić information content (AvgIpc) is 1.85. The monoisotopic (exact) mass is 157 g/mol. The zero-order chi connectivity index (χ0) is 8.43. The Morgan fingerprint density at radius 2 is 1.91 bits per heavy atom. The van der Waals surface area contributed by atoms with E-state index in [9.17, 15) is 0 Å². The van der Waals surface area contributed by atoms with Crippen molar-refractivity contribution in [3.8, 4) is 0 Å². The summed E-state index contributed by atoms with van der Waals surface area (Å²) in [5.41, 5.74) is 5.40. The normalized spacial score (nSPS) is 32.0. The number of hydrogen-bond donors (Lipinski definition) is 2. The molecule has 1 aliphatic heterocycles. The molecule has 1 rings (SSSR count). The predicted molar refractivity (Wildman–Crippen MR) is 43.5 cm³/mol. The summed E-state index contributed by atoms with van der Waals surface area (Å²) < 4.78 is 5.28. The standard InChI is InChI=1S/C7H15N3O/c1-5-3-11-4-6(2)10(5)7(8)9/h5-6H,3-4H2,1-2H3,(H3,8,9)/t5-,6+. The second-order valence-electron chi connectivity index (χ2n) is 3.03. The van der Waals surface area contributed by atoms with Gasteiger partial charge in [0.15, 0.2) is 5.96 Å². The van der Waals surface area contributed by atoms with Crippen LogP contribution in [0.4, 0.5) is 0 Å². The van der Waals surface area contributed by atoms with Crippen LogP contribution in [0.1, 0.15) is 13.8 Å². The molecular formula is C7H15N3O. The lowest BCUT2D eigenvalue weighted by Crippen LogP contribution is -2.54. The Bertz CT molecular complexity index is 150. The second kappa shape index (κ2) is 3.09. The summed E-state index contributed by atoms with van der Waals surface area (Å²) in [5, 5.41) is 7.30. The van der Waals surface area contributed by atoms with E-state index in [-0.39, 0.29) is 18.0 Å². The van der Waals surface area contributed by atoms with Crippen LogP contribution in [-0.2, 0) is 4.74 Å². The molecule has 1 aliphatic rings. The Hall–Kier alpha value is -0.770. The van der Waals surface area contributed by atoms with Crippen LogP contribution < -0.4 is 5.73 Å². The van der Waals surface area contributed by atoms with Crippen molar-refractivity contribution in [3.63, 3.8) is 0 Å². The Balaban J connectivity index is 2.62. The Kier molecular flexibility index (Phi) is 2.34. The third-order valence-electron chi connectivity index (χ3n) is 1.95. The number of nitrogens with zero attached hydrogens (tertiary/aromatic N) is 1. The molecule has 2 atom stereocenters. The highest BCUT2D eigenvalue weighted by Crippen LogP contribution is 2.11. The minimum absolute atomic E-state index is 0.147. The van der Waals surface area contributed by atoms with Crippen LogP contribution in [0.5, 0.6) is 0 Å². The van der Waals surface area contributed by atoms with Gasteiger partial charge in [-0.1, -0.05) is 0 Å². The van der Waals surface area contributed by atoms with Crippen molar-refractivity contribution in [2.75, 3.05) is 13.2 Å². The van der Waals surface area contributed by atoms with Crippen molar-refractivity contribution < 1.29 is 4.74 Å². The minimum Gasteiger partial charge on any atom is -0.377 e. The zero-order valence-electron chi connectivity index (χ0n) is 7.00. The molecule has 0 bridgehead atoms. The smallest absolute Gasteiger partial charge is 0.189 e. The molecule has 4 nitrogen and oxygen atoms in total. The molecular weight excluding hydrogens is 142 g/mol. The molecule has 4 heteroatoms. The minimum atomic E-state index is 0.147. The summed E-state index contributed by atoms with van der Waals surface area (Å²) in [6.45, 7) is 5.36. The van der Waals surface area contributed by atoms with Crippen LogP contribution in [0.25, 0.3) is 0 Å². The largest absolute Gasteiger partial charge is 0.377 e. The van der Waals surface area contributed by atoms with E-state index >= 15 is 0 Å². The SMILES string of the molecule is C[C@@H]1COC[C@H](C)N1C(=N)N. The highest BCUT2D eigenvalue weighted by atomic mass is 16.5. The third kappa shape index (κ3) is 1.63. The van der Waals surface area contributed by atoms with Crippen LogP contribution >= 0.6 is 0 Å². The van der Waals surface area contributed by atoms with Gasteiger partial charge >= 0.3 is 0 Å². The van der Waals surface area contributed by atoms with Crippen LogP contribution in [0.2, 0.25) is 0 Å². The first-order valence-corrected chi connectivity index (χ1v) is 3.83. The Labute approximate surface area is 66.8 Å². The van der Waals surface area contributed by atoms with Crippen molar-refractivity contribution in [2.24, 2.45) is 5.73 Å². The second-order valence-corrected chi connectivity index (χ2v) is 3.03. The fourth-order valence-electron chi connectivity index (χ4n) is 1.48. The predicted octanol–water partition coefficient (Wildman–Crippen LogP) is -0.0109. The van der Waals surface area contributed by atoms with E-state index < -0.39 is 0 Å². The van der Waals surface area contributed by atoms with Gasteiger partial charge in [0.05, 0.1) is 25.3 Å². The number of nitrogens with two attached hydrogens (primary N) is 1. The van der Waals surface area contributed by atoms with Crippen LogP contribution in [0.3, 0.4) is 0 Å². The van der Waals surface area contributed by atoms with Crippen LogP contribution in [0.15, 0.2) is 0 Å². The van der Waals surface area contributed by atoms with Crippen LogP contribution in [-0.4, -0.2) is 36.2 Å². The molecule has 11 heavy (non-hydrogen) atoms. The number of morpholine rings is 1. The first kappa shape index (κ1) is 8.33. The van der Waals surface area contributed by atoms with E-state index in [0.717, 1.165) is 0 Å². The topological polar surface area (TPSA) is 62.3 Å². The van der Waals surface area contributed by atoms with Gasteiger partial charge in [-0.05, 0) is 13.8 Å². The van der Waals surface area contributed by atoms with Gasteiger partial charge in [0, 0.05) is 0 Å². The van der Waals surface area contributed by atoms with Gasteiger partial charge in [-0.25, -0.2) is 0 Å². The molecule has 0 saturated carbocycles. The number of rotatable bonds is 0. The highest BCUT2D eigenvalue weighted by molar-refractivity contribution is 5.75. The molecule has 0 spiro atoms. The van der Waals surface area contributed by atoms with Crippen molar-refractivity contribution >= 4 is 5.96 Å². The highest BCUT2D eigenvalue weighted by Gasteiger charge is 2.25. The molecule has 1 fully saturated rings. The molecule has 0 radical (unpaired) electrons. The van der Waals surface area contributed by atoms with E-state index in [1.165, 1.54) is 0 Å². The molecule has 1 saturated heterocycles. The molecule has 0 aliphatic carbocycles. The number of guanidine groups is 1. The summed E-state index contributed by atoms with van der Waals surface area (Å²) in [6.07, 6.45) is 0. The number of ether oxygens (including phenoxy) is 1. The number of nitrogens with one attached hydrogen (secondary N) is 1. The molecule has 3 N–H and O–H groups in total. The van der Waals surface area contributed by atoms with Gasteiger partial charge in [0.25, 0.3) is 0 Å². The van der Waals surface area contributed by atoms with Crippen molar-refractivity contribution in [1.29, 1.82) is 5.41 Å². The lowest BCUT2D eigenvalue weighted by molar-refractivity contribution is -0.00163. The van der Waals surface area contributed by atoms with Gasteiger partial charge < -0.3 is 15.4 Å². The zero-order valence-corrected chi connectivity index (χ0v) is 7.00. The molecule has 0 aromatic rings. The van der Waals surface area contributed by atoms with Gasteiger partial charge in [-0.15, -0.1) is 0 Å². The molecule has 0 amide bonds. The maximum absolute atomic E-state index is 7.30. The Morgan fingerprint density at radius 1 is 1.45 bits per heavy atom. The van der Waals surface area contributed by atoms with Crippen molar-refractivity contribution in [1.82, 2.24) is 4.90 Å². The van der Waals surface area contributed by atoms with E-state index in [4.69, 9.17) is 15.9 Å². The fraction of sp³-hybridized carbons (Fsp3) is 0.857. The summed E-state index contributed by atoms with van der Waals surface area (Å²) in [7, 11) is 0. The molecule has 1 heterocycles. The van der Waals surface area contributed by atoms with E-state index in [2.05, 4.69) is 0 Å². The van der Waals surface area contributed by atoms with Gasteiger partial charge in [-0.3, -0.25) is 5.41 Å². The summed E-state index contributed by atoms with van der Waals surface area (Å²) >= 11 is 0. The van der Waals surface area contributed by atoms with E-state index in [1.54, 1.807) is 0 Å². The van der Waals surface area contributed by atoms with Gasteiger partial charge in [0.1, 0.15) is 0 Å². The number of hydrogen-bond acceptors (Lipinski definition) is 2.